The van der Waals surface area contributed by atoms with Crippen molar-refractivity contribution in [1.82, 2.24) is 9.62 Å². The first-order valence-corrected chi connectivity index (χ1v) is 13.6. The van der Waals surface area contributed by atoms with Crippen LogP contribution in [0, 0.1) is 5.92 Å². The average molecular weight is 465 g/mol. The monoisotopic (exact) mass is 464 g/mol. The average Bonchev–Trinajstić information content (AvgIpc) is 2.77. The van der Waals surface area contributed by atoms with Crippen molar-refractivity contribution in [2.75, 3.05) is 19.3 Å². The summed E-state index contributed by atoms with van der Waals surface area (Å²) in [6.07, 6.45) is 3.02. The van der Waals surface area contributed by atoms with Gasteiger partial charge in [0.05, 0.1) is 21.8 Å². The van der Waals surface area contributed by atoms with Gasteiger partial charge < -0.3 is 5.32 Å². The highest BCUT2D eigenvalue weighted by Gasteiger charge is 2.33. The number of sulfone groups is 1. The van der Waals surface area contributed by atoms with E-state index in [0.29, 0.717) is 25.8 Å². The van der Waals surface area contributed by atoms with Gasteiger partial charge in [0.1, 0.15) is 0 Å². The molecule has 2 aromatic carbocycles. The van der Waals surface area contributed by atoms with E-state index in [4.69, 9.17) is 0 Å². The van der Waals surface area contributed by atoms with Gasteiger partial charge in [-0.1, -0.05) is 37.3 Å². The Morgan fingerprint density at radius 3 is 2.26 bits per heavy atom. The van der Waals surface area contributed by atoms with Crippen LogP contribution in [0.15, 0.2) is 64.4 Å². The minimum absolute atomic E-state index is 0.145. The molecule has 1 aliphatic rings. The number of nitrogens with zero attached hydrogens (tertiary/aromatic N) is 1. The highest BCUT2D eigenvalue weighted by Crippen LogP contribution is 2.25. The maximum absolute atomic E-state index is 12.9. The van der Waals surface area contributed by atoms with Gasteiger partial charge in [-0.05, 0) is 49.1 Å². The number of amides is 1. The van der Waals surface area contributed by atoms with Crippen molar-refractivity contribution in [3.63, 3.8) is 0 Å². The van der Waals surface area contributed by atoms with Gasteiger partial charge >= 0.3 is 0 Å². The summed E-state index contributed by atoms with van der Waals surface area (Å²) in [6, 6.07) is 14.5. The van der Waals surface area contributed by atoms with Gasteiger partial charge in [0.15, 0.2) is 9.84 Å². The maximum atomic E-state index is 12.9. The first-order chi connectivity index (χ1) is 14.6. The van der Waals surface area contributed by atoms with E-state index in [-0.39, 0.29) is 28.3 Å². The Morgan fingerprint density at radius 1 is 1.03 bits per heavy atom. The van der Waals surface area contributed by atoms with E-state index in [1.807, 2.05) is 6.92 Å². The standard InChI is InChI=1S/C22H28N2O5S2/c1-3-21(17-11-13-19(14-12-17)30(2,26)27)23-22(25)18-8-7-15-24(16-18)31(28,29)20-9-5-4-6-10-20/h4-6,9-14,18,21H,3,7-8,15-16H2,1-2H3,(H,23,25)/t18-,21-/m1/s1. The Balaban J connectivity index is 1.70. The predicted molar refractivity (Wildman–Crippen MR) is 119 cm³/mol. The number of hydrogen-bond donors (Lipinski definition) is 1. The summed E-state index contributed by atoms with van der Waals surface area (Å²) in [5.74, 6) is -0.622. The molecule has 0 bridgehead atoms. The lowest BCUT2D eigenvalue weighted by Crippen LogP contribution is -2.46. The summed E-state index contributed by atoms with van der Waals surface area (Å²) in [5, 5.41) is 3.01. The first kappa shape index (κ1) is 23.4. The fourth-order valence-electron chi connectivity index (χ4n) is 3.77. The van der Waals surface area contributed by atoms with Gasteiger partial charge in [-0.3, -0.25) is 4.79 Å². The fraction of sp³-hybridized carbons (Fsp3) is 0.409. The molecule has 2 aromatic rings. The molecule has 0 aliphatic carbocycles. The molecular weight excluding hydrogens is 436 g/mol. The fourth-order valence-corrected chi connectivity index (χ4v) is 5.95. The van der Waals surface area contributed by atoms with Crippen molar-refractivity contribution in [1.29, 1.82) is 0 Å². The van der Waals surface area contributed by atoms with E-state index >= 15 is 0 Å². The lowest BCUT2D eigenvalue weighted by molar-refractivity contribution is -0.126. The number of carbonyl (C=O) groups excluding carboxylic acids is 1. The zero-order chi connectivity index (χ0) is 22.6. The van der Waals surface area contributed by atoms with Crippen molar-refractivity contribution < 1.29 is 21.6 Å². The molecule has 1 saturated heterocycles. The topological polar surface area (TPSA) is 101 Å². The second-order valence-corrected chi connectivity index (χ2v) is 11.8. The normalized spacial score (nSPS) is 19.0. The van der Waals surface area contributed by atoms with Gasteiger partial charge in [0.2, 0.25) is 15.9 Å². The number of sulfonamides is 1. The van der Waals surface area contributed by atoms with E-state index in [0.717, 1.165) is 11.8 Å². The SMILES string of the molecule is CC[C@@H](NC(=O)[C@@H]1CCCN(S(=O)(=O)c2ccccc2)C1)c1ccc(S(C)(=O)=O)cc1. The summed E-state index contributed by atoms with van der Waals surface area (Å²) in [7, 11) is -6.92. The highest BCUT2D eigenvalue weighted by molar-refractivity contribution is 7.90. The number of hydrogen-bond acceptors (Lipinski definition) is 5. The number of rotatable bonds is 7. The number of piperidine rings is 1. The molecule has 0 saturated carbocycles. The largest absolute Gasteiger partial charge is 0.349 e. The van der Waals surface area contributed by atoms with Crippen LogP contribution in [0.2, 0.25) is 0 Å². The van der Waals surface area contributed by atoms with Crippen molar-refractivity contribution in [2.24, 2.45) is 5.92 Å². The molecule has 3 rings (SSSR count). The minimum Gasteiger partial charge on any atom is -0.349 e. The minimum atomic E-state index is -3.64. The molecule has 1 amide bonds. The molecule has 168 valence electrons. The zero-order valence-electron chi connectivity index (χ0n) is 17.7. The van der Waals surface area contributed by atoms with Gasteiger partial charge in [0.25, 0.3) is 0 Å². The molecule has 1 fully saturated rings. The second-order valence-electron chi connectivity index (χ2n) is 7.83. The van der Waals surface area contributed by atoms with Crippen LogP contribution in [0.1, 0.15) is 37.8 Å². The van der Waals surface area contributed by atoms with E-state index in [2.05, 4.69) is 5.32 Å². The second kappa shape index (κ2) is 9.50. The lowest BCUT2D eigenvalue weighted by Gasteiger charge is -2.32. The van der Waals surface area contributed by atoms with Gasteiger partial charge in [0, 0.05) is 19.3 Å². The highest BCUT2D eigenvalue weighted by atomic mass is 32.2. The van der Waals surface area contributed by atoms with Crippen molar-refractivity contribution in [3.05, 3.63) is 60.2 Å². The molecule has 1 heterocycles. The molecule has 2 atom stereocenters. The van der Waals surface area contributed by atoms with Crippen LogP contribution in [0.5, 0.6) is 0 Å². The van der Waals surface area contributed by atoms with Gasteiger partial charge in [-0.2, -0.15) is 4.31 Å². The van der Waals surface area contributed by atoms with Crippen LogP contribution in [0.4, 0.5) is 0 Å². The predicted octanol–water partition coefficient (Wildman–Crippen LogP) is 2.76. The Hall–Kier alpha value is -2.23. The number of nitrogens with one attached hydrogen (secondary N) is 1. The molecule has 1 aliphatic heterocycles. The third-order valence-electron chi connectivity index (χ3n) is 5.57. The maximum Gasteiger partial charge on any atom is 0.243 e. The van der Waals surface area contributed by atoms with Crippen LogP contribution in [-0.4, -0.2) is 46.4 Å². The molecule has 7 nitrogen and oxygen atoms in total. The molecule has 31 heavy (non-hydrogen) atoms. The molecule has 1 N–H and O–H groups in total. The molecule has 0 spiro atoms. The Labute approximate surface area is 184 Å². The Kier molecular flexibility index (Phi) is 7.18. The van der Waals surface area contributed by atoms with Crippen LogP contribution in [-0.2, 0) is 24.7 Å². The van der Waals surface area contributed by atoms with Gasteiger partial charge in [-0.15, -0.1) is 0 Å². The zero-order valence-corrected chi connectivity index (χ0v) is 19.3. The summed E-state index contributed by atoms with van der Waals surface area (Å²) < 4.78 is 50.5. The molecule has 0 radical (unpaired) electrons. The summed E-state index contributed by atoms with van der Waals surface area (Å²) >= 11 is 0. The quantitative estimate of drug-likeness (QED) is 0.679. The Morgan fingerprint density at radius 2 is 1.68 bits per heavy atom. The van der Waals surface area contributed by atoms with Crippen LogP contribution >= 0.6 is 0 Å². The van der Waals surface area contributed by atoms with E-state index in [9.17, 15) is 21.6 Å². The summed E-state index contributed by atoms with van der Waals surface area (Å²) in [4.78, 5) is 13.4. The van der Waals surface area contributed by atoms with Crippen molar-refractivity contribution >= 4 is 25.8 Å². The van der Waals surface area contributed by atoms with E-state index in [1.54, 1.807) is 42.5 Å². The molecule has 9 heteroatoms. The van der Waals surface area contributed by atoms with Crippen LogP contribution < -0.4 is 5.32 Å². The third kappa shape index (κ3) is 5.53. The van der Waals surface area contributed by atoms with E-state index in [1.165, 1.54) is 16.4 Å². The van der Waals surface area contributed by atoms with Crippen molar-refractivity contribution in [2.45, 2.75) is 42.0 Å². The van der Waals surface area contributed by atoms with Gasteiger partial charge in [-0.25, -0.2) is 16.8 Å². The smallest absolute Gasteiger partial charge is 0.243 e. The lowest BCUT2D eigenvalue weighted by atomic mass is 9.97. The first-order valence-electron chi connectivity index (χ1n) is 10.3. The Bertz CT molecular complexity index is 1110. The molecular formula is C22H28N2O5S2. The molecule has 0 aromatic heterocycles. The molecule has 0 unspecified atom stereocenters. The number of carbonyl (C=O) groups is 1. The van der Waals surface area contributed by atoms with Crippen LogP contribution in [0.3, 0.4) is 0 Å². The number of benzene rings is 2. The summed E-state index contributed by atoms with van der Waals surface area (Å²) in [6.45, 7) is 2.47. The van der Waals surface area contributed by atoms with Crippen LogP contribution in [0.25, 0.3) is 0 Å². The summed E-state index contributed by atoms with van der Waals surface area (Å²) in [5.41, 5.74) is 0.813. The van der Waals surface area contributed by atoms with Crippen molar-refractivity contribution in [3.8, 4) is 0 Å². The third-order valence-corrected chi connectivity index (χ3v) is 8.58. The van der Waals surface area contributed by atoms with E-state index < -0.39 is 25.8 Å².